The topological polar surface area (TPSA) is 62.7 Å². The lowest BCUT2D eigenvalue weighted by Crippen LogP contribution is -2.16. The fourth-order valence-electron chi connectivity index (χ4n) is 1.88. The van der Waals surface area contributed by atoms with Crippen molar-refractivity contribution in [1.29, 1.82) is 0 Å². The molecule has 0 aliphatic heterocycles. The van der Waals surface area contributed by atoms with Crippen LogP contribution in [0.5, 0.6) is 5.75 Å². The molecule has 0 N–H and O–H groups in total. The third-order valence-corrected chi connectivity index (χ3v) is 2.96. The number of hydrogen-bond acceptors (Lipinski definition) is 2. The van der Waals surface area contributed by atoms with E-state index >= 15 is 0 Å². The normalized spacial score (nSPS) is 9.79. The monoisotopic (exact) mass is 260 g/mol. The molecule has 0 heterocycles. The SMILES string of the molecule is CCCCCCC(=O)C(=[N+]=[N-])c1cccc(OC)c1. The highest BCUT2D eigenvalue weighted by atomic mass is 16.5. The van der Waals surface area contributed by atoms with Crippen LogP contribution >= 0.6 is 0 Å². The lowest BCUT2D eigenvalue weighted by Gasteiger charge is -2.01. The van der Waals surface area contributed by atoms with Gasteiger partial charge in [-0.2, -0.15) is 4.79 Å². The summed E-state index contributed by atoms with van der Waals surface area (Å²) in [5.74, 6) is 0.504. The Bertz CT molecular complexity index is 477. The van der Waals surface area contributed by atoms with Crippen molar-refractivity contribution in [2.24, 2.45) is 0 Å². The van der Waals surface area contributed by atoms with Crippen LogP contribution in [0.4, 0.5) is 0 Å². The zero-order valence-corrected chi connectivity index (χ0v) is 11.6. The zero-order chi connectivity index (χ0) is 14.1. The zero-order valence-electron chi connectivity index (χ0n) is 11.6. The molecule has 1 aromatic rings. The minimum absolute atomic E-state index is 0.107. The minimum atomic E-state index is -0.133. The summed E-state index contributed by atoms with van der Waals surface area (Å²) < 4.78 is 5.09. The summed E-state index contributed by atoms with van der Waals surface area (Å²) in [5.41, 5.74) is 9.73. The maximum atomic E-state index is 12.0. The van der Waals surface area contributed by atoms with Gasteiger partial charge in [0.05, 0.1) is 12.7 Å². The fourth-order valence-corrected chi connectivity index (χ4v) is 1.88. The molecule has 0 atom stereocenters. The number of ether oxygens (including phenoxy) is 1. The number of methoxy groups -OCH3 is 1. The number of benzene rings is 1. The number of Topliss-reactive ketones (excluding diaryl/α,β-unsaturated/α-hetero) is 1. The van der Waals surface area contributed by atoms with Crippen LogP contribution in [-0.4, -0.2) is 23.4 Å². The van der Waals surface area contributed by atoms with Crippen LogP contribution in [-0.2, 0) is 4.79 Å². The molecular weight excluding hydrogens is 240 g/mol. The second-order valence-corrected chi connectivity index (χ2v) is 4.41. The van der Waals surface area contributed by atoms with Crippen LogP contribution in [0.15, 0.2) is 24.3 Å². The average Bonchev–Trinajstić information content (AvgIpc) is 2.44. The maximum Gasteiger partial charge on any atom is 0.365 e. The second kappa shape index (κ2) is 8.22. The third-order valence-electron chi connectivity index (χ3n) is 2.96. The van der Waals surface area contributed by atoms with Gasteiger partial charge in [-0.25, -0.2) is 0 Å². The summed E-state index contributed by atoms with van der Waals surface area (Å²) >= 11 is 0. The van der Waals surface area contributed by atoms with Crippen LogP contribution in [0.2, 0.25) is 0 Å². The molecular formula is C15H20N2O2. The first-order chi connectivity index (χ1) is 9.22. The highest BCUT2D eigenvalue weighted by molar-refractivity contribution is 6.43. The van der Waals surface area contributed by atoms with Gasteiger partial charge in [-0.3, -0.25) is 4.79 Å². The van der Waals surface area contributed by atoms with E-state index in [1.54, 1.807) is 31.4 Å². The number of ketones is 1. The molecule has 4 heteroatoms. The average molecular weight is 260 g/mol. The molecule has 0 spiro atoms. The molecule has 0 aliphatic rings. The van der Waals surface area contributed by atoms with E-state index in [4.69, 9.17) is 10.3 Å². The number of nitrogens with zero attached hydrogens (tertiary/aromatic N) is 2. The van der Waals surface area contributed by atoms with E-state index in [9.17, 15) is 4.79 Å². The van der Waals surface area contributed by atoms with Gasteiger partial charge in [0.2, 0.25) is 5.78 Å². The Balaban J connectivity index is 2.72. The molecule has 4 nitrogen and oxygen atoms in total. The van der Waals surface area contributed by atoms with Crippen molar-refractivity contribution < 1.29 is 14.3 Å². The van der Waals surface area contributed by atoms with E-state index in [2.05, 4.69) is 11.7 Å². The Morgan fingerprint density at radius 2 is 2.11 bits per heavy atom. The largest absolute Gasteiger partial charge is 0.497 e. The standard InChI is InChI=1S/C15H20N2O2/c1-3-4-5-6-10-14(18)15(17-16)12-8-7-9-13(11-12)19-2/h7-9,11H,3-6,10H2,1-2H3. The van der Waals surface area contributed by atoms with Gasteiger partial charge in [-0.05, 0) is 24.6 Å². The first kappa shape index (κ1) is 15.1. The van der Waals surface area contributed by atoms with Crippen LogP contribution in [0.3, 0.4) is 0 Å². The van der Waals surface area contributed by atoms with Gasteiger partial charge in [-0.1, -0.05) is 32.3 Å². The van der Waals surface area contributed by atoms with Gasteiger partial charge >= 0.3 is 5.71 Å². The van der Waals surface area contributed by atoms with E-state index in [1.165, 1.54) is 0 Å². The molecule has 102 valence electrons. The summed E-state index contributed by atoms with van der Waals surface area (Å²) in [4.78, 5) is 15.1. The molecule has 0 fully saturated rings. The smallest absolute Gasteiger partial charge is 0.365 e. The van der Waals surface area contributed by atoms with Gasteiger partial charge in [0, 0.05) is 6.42 Å². The van der Waals surface area contributed by atoms with Crippen molar-refractivity contribution in [3.05, 3.63) is 35.4 Å². The third kappa shape index (κ3) is 4.68. The van der Waals surface area contributed by atoms with Crippen LogP contribution in [0.25, 0.3) is 5.53 Å². The van der Waals surface area contributed by atoms with Crippen LogP contribution in [0.1, 0.15) is 44.6 Å². The molecule has 0 aromatic heterocycles. The van der Waals surface area contributed by atoms with E-state index in [1.807, 2.05) is 0 Å². The number of hydrogen-bond donors (Lipinski definition) is 0. The summed E-state index contributed by atoms with van der Waals surface area (Å²) in [5, 5.41) is 0. The molecule has 0 radical (unpaired) electrons. The summed E-state index contributed by atoms with van der Waals surface area (Å²) in [6, 6.07) is 6.98. The number of unbranched alkanes of at least 4 members (excludes halogenated alkanes) is 3. The van der Waals surface area contributed by atoms with Crippen molar-refractivity contribution in [3.8, 4) is 5.75 Å². The molecule has 0 saturated carbocycles. The van der Waals surface area contributed by atoms with Gasteiger partial charge in [0.1, 0.15) is 5.75 Å². The van der Waals surface area contributed by atoms with Crippen molar-refractivity contribution in [2.45, 2.75) is 39.0 Å². The first-order valence-electron chi connectivity index (χ1n) is 6.62. The summed E-state index contributed by atoms with van der Waals surface area (Å²) in [6.45, 7) is 2.12. The minimum Gasteiger partial charge on any atom is -0.497 e. The molecule has 0 saturated heterocycles. The fraction of sp³-hybridized carbons (Fsp3) is 0.467. The number of carbonyl (C=O) groups excluding carboxylic acids is 1. The number of rotatable bonds is 8. The van der Waals surface area contributed by atoms with Crippen molar-refractivity contribution >= 4 is 11.5 Å². The molecule has 0 bridgehead atoms. The van der Waals surface area contributed by atoms with Gasteiger partial charge in [-0.15, -0.1) is 0 Å². The van der Waals surface area contributed by atoms with E-state index < -0.39 is 0 Å². The molecule has 1 aromatic carbocycles. The Kier molecular flexibility index (Phi) is 6.55. The molecule has 1 rings (SSSR count). The van der Waals surface area contributed by atoms with E-state index in [-0.39, 0.29) is 11.5 Å². The Morgan fingerprint density at radius 1 is 1.32 bits per heavy atom. The predicted molar refractivity (Wildman–Crippen MR) is 74.5 cm³/mol. The van der Waals surface area contributed by atoms with Crippen molar-refractivity contribution in [2.75, 3.05) is 7.11 Å². The molecule has 0 amide bonds. The lowest BCUT2D eigenvalue weighted by atomic mass is 10.0. The molecule has 19 heavy (non-hydrogen) atoms. The summed E-state index contributed by atoms with van der Waals surface area (Å²) in [6.07, 6.45) is 4.52. The first-order valence-corrected chi connectivity index (χ1v) is 6.62. The Labute approximate surface area is 114 Å². The molecule has 0 unspecified atom stereocenters. The van der Waals surface area contributed by atoms with Gasteiger partial charge < -0.3 is 10.3 Å². The quantitative estimate of drug-likeness (QED) is 0.312. The van der Waals surface area contributed by atoms with Crippen LogP contribution in [0, 0.1) is 0 Å². The van der Waals surface area contributed by atoms with Crippen molar-refractivity contribution in [1.82, 2.24) is 0 Å². The Morgan fingerprint density at radius 3 is 2.74 bits per heavy atom. The van der Waals surface area contributed by atoms with E-state index in [0.29, 0.717) is 17.7 Å². The second-order valence-electron chi connectivity index (χ2n) is 4.41. The highest BCUT2D eigenvalue weighted by Crippen LogP contribution is 2.14. The highest BCUT2D eigenvalue weighted by Gasteiger charge is 2.22. The molecule has 0 aliphatic carbocycles. The Hall–Kier alpha value is -1.93. The van der Waals surface area contributed by atoms with E-state index in [0.717, 1.165) is 25.7 Å². The summed E-state index contributed by atoms with van der Waals surface area (Å²) in [7, 11) is 1.56. The van der Waals surface area contributed by atoms with Gasteiger partial charge in [0.15, 0.2) is 0 Å². The van der Waals surface area contributed by atoms with Crippen LogP contribution < -0.4 is 4.74 Å². The predicted octanol–water partition coefficient (Wildman–Crippen LogP) is 3.25. The van der Waals surface area contributed by atoms with Gasteiger partial charge in [0.25, 0.3) is 0 Å². The number of carbonyl (C=O) groups is 1. The maximum absolute atomic E-state index is 12.0. The van der Waals surface area contributed by atoms with Crippen molar-refractivity contribution in [3.63, 3.8) is 0 Å². The lowest BCUT2D eigenvalue weighted by molar-refractivity contribution is -0.117.